The Bertz CT molecular complexity index is 343. The van der Waals surface area contributed by atoms with Gasteiger partial charge in [0.15, 0.2) is 0 Å². The van der Waals surface area contributed by atoms with Crippen LogP contribution in [0.15, 0.2) is 18.9 Å². The van der Waals surface area contributed by atoms with E-state index in [1.807, 2.05) is 30.9 Å². The van der Waals surface area contributed by atoms with Gasteiger partial charge in [0.1, 0.15) is 0 Å². The molecule has 1 aromatic heterocycles. The number of hydrogen-bond acceptors (Lipinski definition) is 3. The van der Waals surface area contributed by atoms with Gasteiger partial charge in [-0.05, 0) is 26.2 Å². The number of nitrogens with zero attached hydrogens (tertiary/aromatic N) is 2. The molecule has 4 heteroatoms. The Balaban J connectivity index is 2.43. The van der Waals surface area contributed by atoms with Crippen LogP contribution in [0, 0.1) is 6.92 Å². The lowest BCUT2D eigenvalue weighted by molar-refractivity contribution is 0.482. The van der Waals surface area contributed by atoms with E-state index in [1.54, 1.807) is 0 Å². The van der Waals surface area contributed by atoms with E-state index in [0.29, 0.717) is 0 Å². The van der Waals surface area contributed by atoms with Gasteiger partial charge in [-0.1, -0.05) is 18.9 Å². The normalized spacial score (nSPS) is 12.6. The summed E-state index contributed by atoms with van der Waals surface area (Å²) >= 11 is 0. The predicted molar refractivity (Wildman–Crippen MR) is 71.3 cm³/mol. The van der Waals surface area contributed by atoms with Gasteiger partial charge in [-0.25, -0.2) is 0 Å². The summed E-state index contributed by atoms with van der Waals surface area (Å²) in [7, 11) is 1.94. The molecule has 96 valence electrons. The lowest BCUT2D eigenvalue weighted by atomic mass is 10.0. The van der Waals surface area contributed by atoms with Gasteiger partial charge in [0.25, 0.3) is 0 Å². The van der Waals surface area contributed by atoms with Crippen LogP contribution in [-0.4, -0.2) is 9.78 Å². The number of aryl methyl sites for hydroxylation is 2. The molecule has 0 amide bonds. The van der Waals surface area contributed by atoms with Gasteiger partial charge in [0, 0.05) is 24.8 Å². The molecule has 0 aliphatic rings. The highest BCUT2D eigenvalue weighted by Crippen LogP contribution is 2.21. The number of hydrazine groups is 1. The lowest BCUT2D eigenvalue weighted by Gasteiger charge is -2.14. The summed E-state index contributed by atoms with van der Waals surface area (Å²) in [6.07, 6.45) is 9.80. The summed E-state index contributed by atoms with van der Waals surface area (Å²) in [5, 5.41) is 4.35. The first-order valence-electron chi connectivity index (χ1n) is 6.26. The molecular formula is C13H24N4. The maximum absolute atomic E-state index is 5.62. The van der Waals surface area contributed by atoms with Crippen molar-refractivity contribution in [1.29, 1.82) is 0 Å². The molecule has 0 saturated carbocycles. The van der Waals surface area contributed by atoms with Gasteiger partial charge in [0.2, 0.25) is 0 Å². The largest absolute Gasteiger partial charge is 0.275 e. The van der Waals surface area contributed by atoms with E-state index in [9.17, 15) is 0 Å². The van der Waals surface area contributed by atoms with Crippen molar-refractivity contribution in [2.45, 2.75) is 45.1 Å². The zero-order valence-electron chi connectivity index (χ0n) is 10.9. The number of nitrogens with two attached hydrogens (primary N) is 1. The number of aromatic nitrogens is 2. The van der Waals surface area contributed by atoms with Gasteiger partial charge in [0.05, 0.1) is 5.69 Å². The minimum atomic E-state index is 0.215. The molecule has 1 rings (SSSR count). The standard InChI is InChI=1S/C13H24N4/c1-4-5-6-7-8-9-13(15-14)12-10-17(3)16-11(12)2/h4,10,13,15H,1,5-9,14H2,2-3H3. The number of nitrogens with one attached hydrogen (secondary N) is 1. The van der Waals surface area contributed by atoms with Crippen molar-refractivity contribution in [2.24, 2.45) is 12.9 Å². The van der Waals surface area contributed by atoms with Crippen molar-refractivity contribution in [3.63, 3.8) is 0 Å². The second-order valence-corrected chi connectivity index (χ2v) is 4.49. The fraction of sp³-hybridized carbons (Fsp3) is 0.615. The summed E-state index contributed by atoms with van der Waals surface area (Å²) in [6.45, 7) is 5.75. The molecule has 0 saturated heterocycles. The average Bonchev–Trinajstić information content (AvgIpc) is 2.63. The maximum Gasteiger partial charge on any atom is 0.0641 e. The molecule has 17 heavy (non-hydrogen) atoms. The molecule has 4 nitrogen and oxygen atoms in total. The first kappa shape index (κ1) is 13.9. The molecule has 0 spiro atoms. The van der Waals surface area contributed by atoms with Crippen LogP contribution in [0.1, 0.15) is 49.4 Å². The fourth-order valence-electron chi connectivity index (χ4n) is 2.10. The molecule has 0 fully saturated rings. The van der Waals surface area contributed by atoms with Crippen LogP contribution in [0.4, 0.5) is 0 Å². The van der Waals surface area contributed by atoms with Gasteiger partial charge in [-0.2, -0.15) is 5.10 Å². The third kappa shape index (κ3) is 4.32. The Morgan fingerprint density at radius 3 is 2.82 bits per heavy atom. The smallest absolute Gasteiger partial charge is 0.0641 e. The van der Waals surface area contributed by atoms with Crippen LogP contribution < -0.4 is 11.3 Å². The summed E-state index contributed by atoms with van der Waals surface area (Å²) in [4.78, 5) is 0. The van der Waals surface area contributed by atoms with E-state index >= 15 is 0 Å². The van der Waals surface area contributed by atoms with Crippen molar-refractivity contribution >= 4 is 0 Å². The molecule has 0 bridgehead atoms. The minimum Gasteiger partial charge on any atom is -0.275 e. The summed E-state index contributed by atoms with van der Waals surface area (Å²) in [5.41, 5.74) is 5.15. The monoisotopic (exact) mass is 236 g/mol. The molecule has 0 aliphatic heterocycles. The average molecular weight is 236 g/mol. The highest BCUT2D eigenvalue weighted by molar-refractivity contribution is 5.19. The molecule has 0 aliphatic carbocycles. The molecule has 3 N–H and O–H groups in total. The number of rotatable bonds is 8. The number of unbranched alkanes of at least 4 members (excludes halogenated alkanes) is 3. The first-order chi connectivity index (χ1) is 8.19. The Labute approximate surface area is 104 Å². The zero-order chi connectivity index (χ0) is 12.7. The van der Waals surface area contributed by atoms with E-state index in [0.717, 1.165) is 18.5 Å². The quantitative estimate of drug-likeness (QED) is 0.315. The third-order valence-corrected chi connectivity index (χ3v) is 3.03. The number of hydrogen-bond donors (Lipinski definition) is 2. The van der Waals surface area contributed by atoms with E-state index in [4.69, 9.17) is 5.84 Å². The Morgan fingerprint density at radius 2 is 2.29 bits per heavy atom. The van der Waals surface area contributed by atoms with Gasteiger partial charge >= 0.3 is 0 Å². The Morgan fingerprint density at radius 1 is 1.53 bits per heavy atom. The molecule has 0 aromatic carbocycles. The van der Waals surface area contributed by atoms with Crippen LogP contribution in [0.5, 0.6) is 0 Å². The first-order valence-corrected chi connectivity index (χ1v) is 6.26. The van der Waals surface area contributed by atoms with Crippen LogP contribution in [-0.2, 0) is 7.05 Å². The molecule has 1 atom stereocenters. The minimum absolute atomic E-state index is 0.215. The van der Waals surface area contributed by atoms with E-state index in [2.05, 4.69) is 17.1 Å². The highest BCUT2D eigenvalue weighted by atomic mass is 15.3. The van der Waals surface area contributed by atoms with Crippen molar-refractivity contribution in [2.75, 3.05) is 0 Å². The van der Waals surface area contributed by atoms with Crippen LogP contribution in [0.3, 0.4) is 0 Å². The van der Waals surface area contributed by atoms with E-state index in [1.165, 1.54) is 24.8 Å². The van der Waals surface area contributed by atoms with Gasteiger partial charge in [-0.3, -0.25) is 16.0 Å². The summed E-state index contributed by atoms with van der Waals surface area (Å²) < 4.78 is 1.84. The molecule has 1 aromatic rings. The zero-order valence-corrected chi connectivity index (χ0v) is 10.9. The van der Waals surface area contributed by atoms with Crippen LogP contribution in [0.2, 0.25) is 0 Å². The highest BCUT2D eigenvalue weighted by Gasteiger charge is 2.14. The van der Waals surface area contributed by atoms with Crippen molar-refractivity contribution in [1.82, 2.24) is 15.2 Å². The van der Waals surface area contributed by atoms with Gasteiger partial charge < -0.3 is 0 Å². The van der Waals surface area contributed by atoms with Crippen molar-refractivity contribution in [3.05, 3.63) is 30.1 Å². The second kappa shape index (κ2) is 7.25. The SMILES string of the molecule is C=CCCCCCC(NN)c1cn(C)nc1C. The van der Waals surface area contributed by atoms with Gasteiger partial charge in [-0.15, -0.1) is 6.58 Å². The van der Waals surface area contributed by atoms with Crippen molar-refractivity contribution < 1.29 is 0 Å². The Hall–Kier alpha value is -1.13. The van der Waals surface area contributed by atoms with E-state index < -0.39 is 0 Å². The summed E-state index contributed by atoms with van der Waals surface area (Å²) in [5.74, 6) is 5.62. The topological polar surface area (TPSA) is 55.9 Å². The van der Waals surface area contributed by atoms with Crippen LogP contribution >= 0.6 is 0 Å². The molecule has 1 unspecified atom stereocenters. The lowest BCUT2D eigenvalue weighted by Crippen LogP contribution is -2.28. The van der Waals surface area contributed by atoms with Crippen molar-refractivity contribution in [3.8, 4) is 0 Å². The molecule has 0 radical (unpaired) electrons. The summed E-state index contributed by atoms with van der Waals surface area (Å²) in [6, 6.07) is 0.215. The molecule has 1 heterocycles. The maximum atomic E-state index is 5.62. The number of allylic oxidation sites excluding steroid dienone is 1. The second-order valence-electron chi connectivity index (χ2n) is 4.49. The molecular weight excluding hydrogens is 212 g/mol. The van der Waals surface area contributed by atoms with Crippen LogP contribution in [0.25, 0.3) is 0 Å². The fourth-order valence-corrected chi connectivity index (χ4v) is 2.10. The van der Waals surface area contributed by atoms with E-state index in [-0.39, 0.29) is 6.04 Å². The third-order valence-electron chi connectivity index (χ3n) is 3.03. The Kier molecular flexibility index (Phi) is 5.94. The predicted octanol–water partition coefficient (Wildman–Crippen LogP) is 2.37.